The molecule has 2 aromatic carbocycles. The van der Waals surface area contributed by atoms with Crippen molar-refractivity contribution in [2.75, 3.05) is 18.2 Å². The van der Waals surface area contributed by atoms with Crippen LogP contribution < -0.4 is 20.9 Å². The zero-order valence-electron chi connectivity index (χ0n) is 14.5. The molecule has 1 saturated heterocycles. The van der Waals surface area contributed by atoms with Crippen molar-refractivity contribution in [2.45, 2.75) is 25.6 Å². The molecule has 25 heavy (non-hydrogen) atoms. The van der Waals surface area contributed by atoms with Gasteiger partial charge in [0.05, 0.1) is 6.61 Å². The lowest BCUT2D eigenvalue weighted by atomic mass is 10.1. The molecule has 3 rings (SSSR count). The van der Waals surface area contributed by atoms with E-state index < -0.39 is 0 Å². The van der Waals surface area contributed by atoms with Crippen LogP contribution in [-0.2, 0) is 0 Å². The van der Waals surface area contributed by atoms with Gasteiger partial charge < -0.3 is 10.1 Å². The molecule has 1 fully saturated rings. The average molecular weight is 356 g/mol. The first-order valence-electron chi connectivity index (χ1n) is 8.46. The first-order valence-corrected chi connectivity index (χ1v) is 9.68. The van der Waals surface area contributed by atoms with E-state index in [9.17, 15) is 0 Å². The second-order valence-electron chi connectivity index (χ2n) is 5.72. The number of nitrogens with one attached hydrogen (secondary N) is 3. The molecule has 1 aliphatic heterocycles. The molecular formula is C19H24N4OS. The van der Waals surface area contributed by atoms with Crippen LogP contribution in [-0.4, -0.2) is 24.2 Å². The summed E-state index contributed by atoms with van der Waals surface area (Å²) >= 11 is 1.60. The molecule has 0 bridgehead atoms. The van der Waals surface area contributed by atoms with Crippen LogP contribution in [0.4, 0.5) is 5.69 Å². The SMILES string of the molecule is CCOc1ccc(N/C(=N/C2CC(c3ccccc3)NN2)SC)cc1. The molecule has 0 saturated carbocycles. The fraction of sp³-hybridized carbons (Fsp3) is 0.316. The summed E-state index contributed by atoms with van der Waals surface area (Å²) in [5.74, 6) is 0.878. The molecule has 2 unspecified atom stereocenters. The molecule has 2 aromatic rings. The van der Waals surface area contributed by atoms with E-state index in [4.69, 9.17) is 9.73 Å². The molecule has 6 heteroatoms. The highest BCUT2D eigenvalue weighted by molar-refractivity contribution is 8.13. The molecule has 0 radical (unpaired) electrons. The first-order chi connectivity index (χ1) is 12.3. The quantitative estimate of drug-likeness (QED) is 0.562. The highest BCUT2D eigenvalue weighted by Gasteiger charge is 2.24. The second kappa shape index (κ2) is 8.89. The summed E-state index contributed by atoms with van der Waals surface area (Å²) in [5.41, 5.74) is 8.88. The van der Waals surface area contributed by atoms with Gasteiger partial charge in [-0.3, -0.25) is 0 Å². The van der Waals surface area contributed by atoms with Crippen molar-refractivity contribution in [3.63, 3.8) is 0 Å². The standard InChI is InChI=1S/C19H24N4OS/c1-3-24-16-11-9-15(10-12-16)20-19(25-2)21-18-13-17(22-23-18)14-7-5-4-6-8-14/h4-12,17-18,22-23H,3,13H2,1-2H3,(H,20,21). The van der Waals surface area contributed by atoms with Crippen molar-refractivity contribution in [1.82, 2.24) is 10.9 Å². The third-order valence-electron chi connectivity index (χ3n) is 3.97. The molecule has 5 nitrogen and oxygen atoms in total. The highest BCUT2D eigenvalue weighted by Crippen LogP contribution is 2.23. The van der Waals surface area contributed by atoms with Gasteiger partial charge in [-0.1, -0.05) is 42.1 Å². The van der Waals surface area contributed by atoms with E-state index in [1.165, 1.54) is 5.56 Å². The fourth-order valence-corrected chi connectivity index (χ4v) is 3.18. The molecule has 0 spiro atoms. The summed E-state index contributed by atoms with van der Waals surface area (Å²) < 4.78 is 5.47. The van der Waals surface area contributed by atoms with Crippen molar-refractivity contribution in [3.05, 3.63) is 60.2 Å². The van der Waals surface area contributed by atoms with Gasteiger partial charge in [0, 0.05) is 18.2 Å². The molecule has 0 amide bonds. The topological polar surface area (TPSA) is 57.7 Å². The van der Waals surface area contributed by atoms with Gasteiger partial charge in [-0.05, 0) is 43.0 Å². The Morgan fingerprint density at radius 1 is 1.16 bits per heavy atom. The van der Waals surface area contributed by atoms with Crippen LogP contribution in [0.5, 0.6) is 5.75 Å². The number of aliphatic imine (C=N–C) groups is 1. The molecule has 132 valence electrons. The lowest BCUT2D eigenvalue weighted by Crippen LogP contribution is -2.30. The van der Waals surface area contributed by atoms with E-state index in [0.717, 1.165) is 23.0 Å². The second-order valence-corrected chi connectivity index (χ2v) is 6.52. The van der Waals surface area contributed by atoms with Gasteiger partial charge in [0.15, 0.2) is 5.17 Å². The van der Waals surface area contributed by atoms with Crippen molar-refractivity contribution in [2.24, 2.45) is 4.99 Å². The summed E-state index contributed by atoms with van der Waals surface area (Å²) in [4.78, 5) is 4.79. The lowest BCUT2D eigenvalue weighted by Gasteiger charge is -2.11. The zero-order chi connectivity index (χ0) is 17.5. The maximum Gasteiger partial charge on any atom is 0.162 e. The van der Waals surface area contributed by atoms with Crippen molar-refractivity contribution in [3.8, 4) is 5.75 Å². The first kappa shape index (κ1) is 17.8. The Balaban J connectivity index is 1.61. The van der Waals surface area contributed by atoms with E-state index in [2.05, 4.69) is 40.4 Å². The van der Waals surface area contributed by atoms with Crippen LogP contribution in [0.2, 0.25) is 0 Å². The Labute approximate surface area is 153 Å². The van der Waals surface area contributed by atoms with Gasteiger partial charge in [-0.2, -0.15) is 0 Å². The maximum atomic E-state index is 5.47. The van der Waals surface area contributed by atoms with E-state index in [1.54, 1.807) is 11.8 Å². The number of anilines is 1. The number of hydrogen-bond acceptors (Lipinski definition) is 5. The third kappa shape index (κ3) is 4.98. The number of rotatable bonds is 5. The number of hydrogen-bond donors (Lipinski definition) is 3. The fourth-order valence-electron chi connectivity index (χ4n) is 2.73. The maximum absolute atomic E-state index is 5.47. The van der Waals surface area contributed by atoms with Crippen LogP contribution in [0.3, 0.4) is 0 Å². The van der Waals surface area contributed by atoms with Gasteiger partial charge in [0.25, 0.3) is 0 Å². The molecule has 0 aromatic heterocycles. The molecule has 3 N–H and O–H groups in total. The van der Waals surface area contributed by atoms with Gasteiger partial charge in [0.2, 0.25) is 0 Å². The average Bonchev–Trinajstić information content (AvgIpc) is 3.12. The van der Waals surface area contributed by atoms with Crippen molar-refractivity contribution < 1.29 is 4.74 Å². The Morgan fingerprint density at radius 3 is 2.60 bits per heavy atom. The normalized spacial score (nSPS) is 20.5. The van der Waals surface area contributed by atoms with Gasteiger partial charge in [-0.25, -0.2) is 15.8 Å². The smallest absolute Gasteiger partial charge is 0.162 e. The van der Waals surface area contributed by atoms with Crippen molar-refractivity contribution in [1.29, 1.82) is 0 Å². The Bertz CT molecular complexity index is 690. The molecule has 1 heterocycles. The van der Waals surface area contributed by atoms with Gasteiger partial charge in [-0.15, -0.1) is 0 Å². The van der Waals surface area contributed by atoms with E-state index in [0.29, 0.717) is 6.61 Å². The predicted octanol–water partition coefficient (Wildman–Crippen LogP) is 3.78. The van der Waals surface area contributed by atoms with Crippen LogP contribution in [0.1, 0.15) is 24.9 Å². The van der Waals surface area contributed by atoms with E-state index in [1.807, 2.05) is 43.5 Å². The molecule has 2 atom stereocenters. The minimum Gasteiger partial charge on any atom is -0.494 e. The summed E-state index contributed by atoms with van der Waals surface area (Å²) in [6.07, 6.45) is 2.99. The Morgan fingerprint density at radius 2 is 1.92 bits per heavy atom. The number of ether oxygens (including phenoxy) is 1. The highest BCUT2D eigenvalue weighted by atomic mass is 32.2. The van der Waals surface area contributed by atoms with Crippen LogP contribution in [0.15, 0.2) is 59.6 Å². The summed E-state index contributed by atoms with van der Waals surface area (Å²) in [6, 6.07) is 18.7. The number of benzene rings is 2. The zero-order valence-corrected chi connectivity index (χ0v) is 15.3. The monoisotopic (exact) mass is 356 g/mol. The van der Waals surface area contributed by atoms with Crippen LogP contribution in [0, 0.1) is 0 Å². The number of hydrazine groups is 1. The number of nitrogens with zero attached hydrogens (tertiary/aromatic N) is 1. The third-order valence-corrected chi connectivity index (χ3v) is 4.56. The number of amidine groups is 1. The Hall–Kier alpha value is -2.02. The largest absolute Gasteiger partial charge is 0.494 e. The van der Waals surface area contributed by atoms with Crippen LogP contribution in [0.25, 0.3) is 0 Å². The summed E-state index contributed by atoms with van der Waals surface area (Å²) in [5, 5.41) is 4.26. The lowest BCUT2D eigenvalue weighted by molar-refractivity contribution is 0.340. The molecule has 1 aliphatic rings. The predicted molar refractivity (Wildman–Crippen MR) is 106 cm³/mol. The minimum atomic E-state index is 0.0443. The van der Waals surface area contributed by atoms with Gasteiger partial charge >= 0.3 is 0 Å². The van der Waals surface area contributed by atoms with Gasteiger partial charge in [0.1, 0.15) is 11.9 Å². The number of thioether (sulfide) groups is 1. The minimum absolute atomic E-state index is 0.0443. The summed E-state index contributed by atoms with van der Waals surface area (Å²) in [6.45, 7) is 2.66. The molecular weight excluding hydrogens is 332 g/mol. The van der Waals surface area contributed by atoms with Crippen LogP contribution >= 0.6 is 11.8 Å². The Kier molecular flexibility index (Phi) is 6.33. The molecule has 0 aliphatic carbocycles. The van der Waals surface area contributed by atoms with Crippen molar-refractivity contribution >= 4 is 22.6 Å². The summed E-state index contributed by atoms with van der Waals surface area (Å²) in [7, 11) is 0. The van der Waals surface area contributed by atoms with E-state index >= 15 is 0 Å². The van der Waals surface area contributed by atoms with E-state index in [-0.39, 0.29) is 12.2 Å².